The van der Waals surface area contributed by atoms with Crippen LogP contribution in [0.5, 0.6) is 0 Å². The van der Waals surface area contributed by atoms with Gasteiger partial charge in [-0.1, -0.05) is 52.4 Å². The molecule has 0 heterocycles. The first-order valence-corrected chi connectivity index (χ1v) is 11.1. The molecule has 0 fully saturated rings. The molecule has 0 radical (unpaired) electrons. The standard InChI is InChI=1S/C17H36NO2.CH4O3S/c1-6-8-10-11-13-16(12-9-7-2)15-20-17(19)14-18(3,4)5;1-5(2,3)4/h16H,6-15H2,1-5H3;1H3,(H,2,3,4)/q+1;/p-1. The molecule has 0 saturated carbocycles. The molecule has 0 aromatic carbocycles. The Morgan fingerprint density at radius 1 is 1.00 bits per heavy atom. The Morgan fingerprint density at radius 2 is 1.48 bits per heavy atom. The zero-order chi connectivity index (χ0) is 19.9. The Balaban J connectivity index is 0. The lowest BCUT2D eigenvalue weighted by atomic mass is 9.96. The van der Waals surface area contributed by atoms with Crippen LogP contribution in [0.15, 0.2) is 0 Å². The van der Waals surface area contributed by atoms with E-state index >= 15 is 0 Å². The zero-order valence-corrected chi connectivity index (χ0v) is 17.9. The van der Waals surface area contributed by atoms with E-state index in [0.717, 1.165) is 0 Å². The highest BCUT2D eigenvalue weighted by molar-refractivity contribution is 7.84. The van der Waals surface area contributed by atoms with Crippen molar-refractivity contribution in [2.24, 2.45) is 5.92 Å². The number of quaternary nitrogens is 1. The van der Waals surface area contributed by atoms with E-state index in [1.54, 1.807) is 0 Å². The lowest BCUT2D eigenvalue weighted by Gasteiger charge is -2.23. The van der Waals surface area contributed by atoms with Crippen LogP contribution in [0.4, 0.5) is 0 Å². The Kier molecular flexibility index (Phi) is 15.4. The average molecular weight is 382 g/mol. The highest BCUT2D eigenvalue weighted by Gasteiger charge is 2.17. The lowest BCUT2D eigenvalue weighted by Crippen LogP contribution is -2.40. The van der Waals surface area contributed by atoms with Crippen molar-refractivity contribution >= 4 is 16.1 Å². The highest BCUT2D eigenvalue weighted by atomic mass is 32.2. The number of carbonyl (C=O) groups is 1. The molecule has 0 aromatic heterocycles. The summed E-state index contributed by atoms with van der Waals surface area (Å²) in [5.74, 6) is 0.496. The maximum atomic E-state index is 11.8. The summed E-state index contributed by atoms with van der Waals surface area (Å²) in [5.41, 5.74) is 0. The fourth-order valence-corrected chi connectivity index (χ4v) is 2.31. The van der Waals surface area contributed by atoms with Crippen LogP contribution in [0, 0.1) is 5.92 Å². The molecule has 0 N–H and O–H groups in total. The van der Waals surface area contributed by atoms with Crippen LogP contribution in [0.1, 0.15) is 65.2 Å². The van der Waals surface area contributed by atoms with Gasteiger partial charge < -0.3 is 13.8 Å². The predicted octanol–water partition coefficient (Wildman–Crippen LogP) is 3.17. The minimum atomic E-state index is -3.92. The van der Waals surface area contributed by atoms with Gasteiger partial charge in [0.1, 0.15) is 0 Å². The molecule has 1 atom stereocenters. The van der Waals surface area contributed by atoms with Crippen LogP contribution in [0.25, 0.3) is 0 Å². The molecule has 0 aromatic rings. The summed E-state index contributed by atoms with van der Waals surface area (Å²) in [4.78, 5) is 11.8. The Bertz CT molecular complexity index is 421. The molecule has 152 valence electrons. The third-order valence-electron chi connectivity index (χ3n) is 3.52. The van der Waals surface area contributed by atoms with Crippen molar-refractivity contribution in [2.75, 3.05) is 40.6 Å². The first kappa shape index (κ1) is 26.6. The smallest absolute Gasteiger partial charge is 0.361 e. The topological polar surface area (TPSA) is 83.5 Å². The molecule has 0 aliphatic carbocycles. The first-order chi connectivity index (χ1) is 11.4. The number of ether oxygens (including phenoxy) is 1. The third-order valence-corrected chi connectivity index (χ3v) is 3.52. The van der Waals surface area contributed by atoms with Gasteiger partial charge in [-0.3, -0.25) is 0 Å². The molecule has 7 heteroatoms. The van der Waals surface area contributed by atoms with Gasteiger partial charge in [0.2, 0.25) is 0 Å². The molecule has 25 heavy (non-hydrogen) atoms. The average Bonchev–Trinajstić information content (AvgIpc) is 2.42. The normalized spacial score (nSPS) is 12.9. The summed E-state index contributed by atoms with van der Waals surface area (Å²) >= 11 is 0. The van der Waals surface area contributed by atoms with E-state index < -0.39 is 10.1 Å². The summed E-state index contributed by atoms with van der Waals surface area (Å²) in [6.07, 6.45) is 10.6. The fourth-order valence-electron chi connectivity index (χ4n) is 2.31. The summed E-state index contributed by atoms with van der Waals surface area (Å²) < 4.78 is 33.3. The fraction of sp³-hybridized carbons (Fsp3) is 0.944. The second kappa shape index (κ2) is 14.5. The summed E-state index contributed by atoms with van der Waals surface area (Å²) in [5, 5.41) is 0. The van der Waals surface area contributed by atoms with Crippen LogP contribution in [0.3, 0.4) is 0 Å². The van der Waals surface area contributed by atoms with Gasteiger partial charge in [-0.05, 0) is 18.8 Å². The third kappa shape index (κ3) is 28.4. The van der Waals surface area contributed by atoms with Crippen molar-refractivity contribution in [1.29, 1.82) is 0 Å². The molecule has 0 amide bonds. The lowest BCUT2D eigenvalue weighted by molar-refractivity contribution is -0.862. The quantitative estimate of drug-likeness (QED) is 0.224. The molecule has 0 spiro atoms. The van der Waals surface area contributed by atoms with Crippen molar-refractivity contribution in [3.8, 4) is 0 Å². The second-order valence-corrected chi connectivity index (χ2v) is 9.10. The Morgan fingerprint density at radius 3 is 1.92 bits per heavy atom. The van der Waals surface area contributed by atoms with Crippen molar-refractivity contribution < 1.29 is 27.0 Å². The number of hydrogen-bond acceptors (Lipinski definition) is 5. The summed E-state index contributed by atoms with van der Waals surface area (Å²) in [6, 6.07) is 0. The number of likely N-dealkylation sites (N-methyl/N-ethyl adjacent to an activating group) is 1. The number of nitrogens with zero attached hydrogens (tertiary/aromatic N) is 1. The SMILES string of the molecule is CCCCCCC(CCCC)COC(=O)C[N+](C)(C)C.CS(=O)(=O)[O-]. The summed E-state index contributed by atoms with van der Waals surface area (Å²) in [6.45, 7) is 5.53. The number of unbranched alkanes of at least 4 members (excludes halogenated alkanes) is 4. The van der Waals surface area contributed by atoms with Crippen molar-refractivity contribution in [3.63, 3.8) is 0 Å². The molecule has 6 nitrogen and oxygen atoms in total. The van der Waals surface area contributed by atoms with Gasteiger partial charge in [-0.2, -0.15) is 0 Å². The van der Waals surface area contributed by atoms with Gasteiger partial charge in [-0.25, -0.2) is 13.2 Å². The van der Waals surface area contributed by atoms with Gasteiger partial charge in [0.25, 0.3) is 0 Å². The molecule has 0 rings (SSSR count). The largest absolute Gasteiger partial charge is 0.748 e. The minimum Gasteiger partial charge on any atom is -0.748 e. The van der Waals surface area contributed by atoms with Crippen LogP contribution >= 0.6 is 0 Å². The van der Waals surface area contributed by atoms with E-state index in [9.17, 15) is 4.79 Å². The molecular formula is C18H39NO5S. The highest BCUT2D eigenvalue weighted by Crippen LogP contribution is 2.18. The van der Waals surface area contributed by atoms with E-state index in [1.165, 1.54) is 51.4 Å². The van der Waals surface area contributed by atoms with E-state index in [-0.39, 0.29) is 5.97 Å². The molecule has 0 aliphatic heterocycles. The van der Waals surface area contributed by atoms with Crippen LogP contribution in [-0.4, -0.2) is 64.0 Å². The first-order valence-electron chi connectivity index (χ1n) is 9.26. The van der Waals surface area contributed by atoms with Crippen LogP contribution in [-0.2, 0) is 19.6 Å². The van der Waals surface area contributed by atoms with Crippen molar-refractivity contribution in [3.05, 3.63) is 0 Å². The van der Waals surface area contributed by atoms with Gasteiger partial charge >= 0.3 is 5.97 Å². The number of esters is 1. The Labute approximate surface area is 155 Å². The summed E-state index contributed by atoms with van der Waals surface area (Å²) in [7, 11) is 2.13. The molecule has 0 aliphatic rings. The zero-order valence-electron chi connectivity index (χ0n) is 17.0. The van der Waals surface area contributed by atoms with Crippen LogP contribution in [0.2, 0.25) is 0 Å². The predicted molar refractivity (Wildman–Crippen MR) is 101 cm³/mol. The van der Waals surface area contributed by atoms with E-state index in [2.05, 4.69) is 13.8 Å². The van der Waals surface area contributed by atoms with Crippen molar-refractivity contribution in [2.45, 2.75) is 65.2 Å². The van der Waals surface area contributed by atoms with Gasteiger partial charge in [0, 0.05) is 6.26 Å². The maximum absolute atomic E-state index is 11.8. The molecule has 0 bridgehead atoms. The second-order valence-electron chi connectivity index (χ2n) is 7.69. The minimum absolute atomic E-state index is 0.0624. The molecule has 1 unspecified atom stereocenters. The number of carbonyl (C=O) groups excluding carboxylic acids is 1. The monoisotopic (exact) mass is 381 g/mol. The van der Waals surface area contributed by atoms with E-state index in [1.807, 2.05) is 21.1 Å². The van der Waals surface area contributed by atoms with Gasteiger partial charge in [-0.15, -0.1) is 0 Å². The van der Waals surface area contributed by atoms with E-state index in [0.29, 0.717) is 29.8 Å². The van der Waals surface area contributed by atoms with Gasteiger partial charge in [0.15, 0.2) is 6.54 Å². The van der Waals surface area contributed by atoms with Crippen LogP contribution < -0.4 is 0 Å². The van der Waals surface area contributed by atoms with Gasteiger partial charge in [0.05, 0.1) is 37.9 Å². The van der Waals surface area contributed by atoms with E-state index in [4.69, 9.17) is 17.7 Å². The molecule has 0 saturated heterocycles. The maximum Gasteiger partial charge on any atom is 0.361 e. The number of hydrogen-bond donors (Lipinski definition) is 0. The van der Waals surface area contributed by atoms with Crippen molar-refractivity contribution in [1.82, 2.24) is 0 Å². The Hall–Kier alpha value is -0.660. The molecular weight excluding hydrogens is 342 g/mol. The number of rotatable bonds is 12.